The van der Waals surface area contributed by atoms with Gasteiger partial charge >= 0.3 is 6.03 Å². The Balaban J connectivity index is 1.45. The Hall–Kier alpha value is -3.24. The normalized spacial score (nSPS) is 13.4. The summed E-state index contributed by atoms with van der Waals surface area (Å²) in [7, 11) is -4.29. The Morgan fingerprint density at radius 2 is 1.54 bits per heavy atom. The molecule has 0 fully saturated rings. The highest BCUT2D eigenvalue weighted by Gasteiger charge is 2.34. The highest BCUT2D eigenvalue weighted by atomic mass is 32.2. The first kappa shape index (κ1) is 19.5. The summed E-state index contributed by atoms with van der Waals surface area (Å²) in [6.45, 7) is 0.401. The van der Waals surface area contributed by atoms with Gasteiger partial charge in [-0.1, -0.05) is 12.1 Å². The van der Waals surface area contributed by atoms with Crippen molar-refractivity contribution in [2.45, 2.75) is 11.3 Å². The number of hydrogen-bond donors (Lipinski definition) is 3. The fraction of sp³-hybridized carbons (Fsp3) is 0.167. The summed E-state index contributed by atoms with van der Waals surface area (Å²) in [5.74, 6) is -0.687. The second kappa shape index (κ2) is 7.79. The summed E-state index contributed by atoms with van der Waals surface area (Å²) >= 11 is 0. The number of amides is 4. The number of rotatable bonds is 6. The monoisotopic (exact) mass is 403 g/mol. The molecule has 0 radical (unpaired) electrons. The van der Waals surface area contributed by atoms with Crippen LogP contribution < -0.4 is 10.6 Å². The van der Waals surface area contributed by atoms with Crippen molar-refractivity contribution < 1.29 is 27.4 Å². The molecule has 0 unspecified atom stereocenters. The van der Waals surface area contributed by atoms with Crippen LogP contribution in [0.2, 0.25) is 0 Å². The lowest BCUT2D eigenvalue weighted by atomic mass is 10.1. The molecular weight excluding hydrogens is 386 g/mol. The van der Waals surface area contributed by atoms with E-state index in [0.29, 0.717) is 23.2 Å². The van der Waals surface area contributed by atoms with Crippen LogP contribution in [0.4, 0.5) is 10.5 Å². The van der Waals surface area contributed by atoms with Crippen LogP contribution in [0.15, 0.2) is 53.4 Å². The minimum absolute atomic E-state index is 0.176. The number of fused-ring (bicyclic) bond motifs is 1. The molecule has 0 saturated carbocycles. The van der Waals surface area contributed by atoms with Gasteiger partial charge in [-0.3, -0.25) is 19.0 Å². The van der Waals surface area contributed by atoms with Crippen molar-refractivity contribution in [3.8, 4) is 0 Å². The van der Waals surface area contributed by atoms with Crippen LogP contribution >= 0.6 is 0 Å². The smallest absolute Gasteiger partial charge is 0.319 e. The van der Waals surface area contributed by atoms with Crippen LogP contribution in [0.1, 0.15) is 27.1 Å². The Morgan fingerprint density at radius 3 is 2.07 bits per heavy atom. The van der Waals surface area contributed by atoms with Crippen molar-refractivity contribution in [2.75, 3.05) is 18.4 Å². The van der Waals surface area contributed by atoms with E-state index in [1.54, 1.807) is 24.3 Å². The first-order valence-electron chi connectivity index (χ1n) is 8.35. The van der Waals surface area contributed by atoms with Gasteiger partial charge in [0.25, 0.3) is 21.9 Å². The third kappa shape index (κ3) is 4.18. The van der Waals surface area contributed by atoms with Gasteiger partial charge in [0, 0.05) is 18.8 Å². The molecule has 2 aromatic rings. The number of imide groups is 1. The van der Waals surface area contributed by atoms with Gasteiger partial charge in [-0.05, 0) is 42.8 Å². The summed E-state index contributed by atoms with van der Waals surface area (Å²) in [5.41, 5.74) is 1.10. The number of nitrogens with zero attached hydrogens (tertiary/aromatic N) is 1. The predicted octanol–water partition coefficient (Wildman–Crippen LogP) is 1.74. The van der Waals surface area contributed by atoms with Gasteiger partial charge in [0.1, 0.15) is 0 Å². The van der Waals surface area contributed by atoms with Crippen LogP contribution in [-0.4, -0.2) is 48.8 Å². The molecular formula is C18H17N3O6S. The molecule has 3 rings (SSSR count). The number of carbonyl (C=O) groups is 3. The van der Waals surface area contributed by atoms with Crippen molar-refractivity contribution in [1.29, 1.82) is 0 Å². The van der Waals surface area contributed by atoms with E-state index < -0.39 is 16.1 Å². The zero-order valence-electron chi connectivity index (χ0n) is 14.6. The van der Waals surface area contributed by atoms with Crippen LogP contribution in [-0.2, 0) is 10.1 Å². The number of nitrogens with one attached hydrogen (secondary N) is 2. The fourth-order valence-electron chi connectivity index (χ4n) is 2.77. The second-order valence-electron chi connectivity index (χ2n) is 6.04. The van der Waals surface area contributed by atoms with Crippen LogP contribution in [0, 0.1) is 0 Å². The van der Waals surface area contributed by atoms with E-state index in [0.717, 1.165) is 17.0 Å². The van der Waals surface area contributed by atoms with E-state index in [-0.39, 0.29) is 29.8 Å². The van der Waals surface area contributed by atoms with Crippen molar-refractivity contribution in [1.82, 2.24) is 10.2 Å². The Morgan fingerprint density at radius 1 is 0.964 bits per heavy atom. The Bertz CT molecular complexity index is 999. The number of carbonyl (C=O) groups excluding carboxylic acids is 3. The standard InChI is InChI=1S/C18H17N3O6S/c22-16-14-4-1-2-5-15(14)17(23)21(16)11-3-10-19-18(24)20-12-6-8-13(9-7-12)28(25,26)27/h1-2,4-9H,3,10-11H2,(H2,19,20,24)(H,25,26,27). The first-order chi connectivity index (χ1) is 13.3. The number of hydrogen-bond acceptors (Lipinski definition) is 5. The average Bonchev–Trinajstić information content (AvgIpc) is 2.90. The molecule has 10 heteroatoms. The molecule has 0 saturated heterocycles. The summed E-state index contributed by atoms with van der Waals surface area (Å²) < 4.78 is 30.9. The molecule has 28 heavy (non-hydrogen) atoms. The maximum Gasteiger partial charge on any atom is 0.319 e. The molecule has 4 amide bonds. The molecule has 1 aliphatic heterocycles. The van der Waals surface area contributed by atoms with Gasteiger partial charge in [-0.2, -0.15) is 8.42 Å². The molecule has 0 aliphatic carbocycles. The van der Waals surface area contributed by atoms with Gasteiger partial charge in [-0.15, -0.1) is 0 Å². The predicted molar refractivity (Wildman–Crippen MR) is 99.7 cm³/mol. The maximum atomic E-state index is 12.2. The zero-order chi connectivity index (χ0) is 20.3. The third-order valence-corrected chi connectivity index (χ3v) is 5.00. The summed E-state index contributed by atoms with van der Waals surface area (Å²) in [6.07, 6.45) is 0.376. The number of benzene rings is 2. The molecule has 9 nitrogen and oxygen atoms in total. The molecule has 0 spiro atoms. The Kier molecular flexibility index (Phi) is 5.43. The van der Waals surface area contributed by atoms with Crippen molar-refractivity contribution in [3.63, 3.8) is 0 Å². The Labute approximate surface area is 161 Å². The molecule has 0 aromatic heterocycles. The van der Waals surface area contributed by atoms with Gasteiger partial charge < -0.3 is 10.6 Å². The lowest BCUT2D eigenvalue weighted by Gasteiger charge is -2.14. The summed E-state index contributed by atoms with van der Waals surface area (Å²) in [6, 6.07) is 11.1. The van der Waals surface area contributed by atoms with Crippen molar-refractivity contribution in [2.24, 2.45) is 0 Å². The van der Waals surface area contributed by atoms with E-state index in [2.05, 4.69) is 10.6 Å². The minimum atomic E-state index is -4.29. The van der Waals surface area contributed by atoms with Gasteiger partial charge in [0.05, 0.1) is 16.0 Å². The molecule has 0 atom stereocenters. The largest absolute Gasteiger partial charge is 0.338 e. The topological polar surface area (TPSA) is 133 Å². The summed E-state index contributed by atoms with van der Waals surface area (Å²) in [5, 5.41) is 5.09. The molecule has 1 heterocycles. The highest BCUT2D eigenvalue weighted by molar-refractivity contribution is 7.85. The highest BCUT2D eigenvalue weighted by Crippen LogP contribution is 2.22. The minimum Gasteiger partial charge on any atom is -0.338 e. The van der Waals surface area contributed by atoms with E-state index >= 15 is 0 Å². The lowest BCUT2D eigenvalue weighted by molar-refractivity contribution is 0.0653. The number of anilines is 1. The quantitative estimate of drug-likeness (QED) is 0.382. The van der Waals surface area contributed by atoms with Gasteiger partial charge in [0.2, 0.25) is 0 Å². The van der Waals surface area contributed by atoms with E-state index in [4.69, 9.17) is 4.55 Å². The van der Waals surface area contributed by atoms with Crippen LogP contribution in [0.5, 0.6) is 0 Å². The average molecular weight is 403 g/mol. The van der Waals surface area contributed by atoms with E-state index in [9.17, 15) is 22.8 Å². The van der Waals surface area contributed by atoms with Crippen LogP contribution in [0.3, 0.4) is 0 Å². The molecule has 1 aliphatic rings. The SMILES string of the molecule is O=C(NCCCN1C(=O)c2ccccc2C1=O)Nc1ccc(S(=O)(=O)O)cc1. The maximum absolute atomic E-state index is 12.2. The number of urea groups is 1. The van der Waals surface area contributed by atoms with Crippen molar-refractivity contribution in [3.05, 3.63) is 59.7 Å². The van der Waals surface area contributed by atoms with E-state index in [1.807, 2.05) is 0 Å². The van der Waals surface area contributed by atoms with Crippen LogP contribution in [0.25, 0.3) is 0 Å². The molecule has 2 aromatic carbocycles. The fourth-order valence-corrected chi connectivity index (χ4v) is 3.25. The van der Waals surface area contributed by atoms with E-state index in [1.165, 1.54) is 12.1 Å². The summed E-state index contributed by atoms with van der Waals surface area (Å²) in [4.78, 5) is 37.2. The zero-order valence-corrected chi connectivity index (χ0v) is 15.4. The molecule has 0 bridgehead atoms. The second-order valence-corrected chi connectivity index (χ2v) is 7.46. The lowest BCUT2D eigenvalue weighted by Crippen LogP contribution is -2.35. The third-order valence-electron chi connectivity index (χ3n) is 4.13. The van der Waals surface area contributed by atoms with Gasteiger partial charge in [0.15, 0.2) is 0 Å². The van der Waals surface area contributed by atoms with Crippen molar-refractivity contribution >= 4 is 33.7 Å². The molecule has 3 N–H and O–H groups in total. The van der Waals surface area contributed by atoms with Gasteiger partial charge in [-0.25, -0.2) is 4.79 Å². The first-order valence-corrected chi connectivity index (χ1v) is 9.79. The molecule has 146 valence electrons.